The Hall–Kier alpha value is -1.11. The number of halogens is 1. The van der Waals surface area contributed by atoms with Crippen LogP contribution in [-0.2, 0) is 26.0 Å². The molecule has 0 saturated carbocycles. The van der Waals surface area contributed by atoms with E-state index in [1.54, 1.807) is 31.2 Å². The van der Waals surface area contributed by atoms with E-state index in [9.17, 15) is 13.2 Å². The van der Waals surface area contributed by atoms with E-state index in [1.165, 1.54) is 4.31 Å². The van der Waals surface area contributed by atoms with Crippen molar-refractivity contribution in [1.82, 2.24) is 4.31 Å². The van der Waals surface area contributed by atoms with Gasteiger partial charge in [-0.25, -0.2) is 8.42 Å². The summed E-state index contributed by atoms with van der Waals surface area (Å²) in [5.41, 5.74) is 1.01. The number of hydrogen-bond donors (Lipinski definition) is 0. The molecule has 7 heteroatoms. The van der Waals surface area contributed by atoms with Crippen LogP contribution in [0, 0.1) is 5.92 Å². The van der Waals surface area contributed by atoms with Crippen LogP contribution in [-0.4, -0.2) is 44.3 Å². The summed E-state index contributed by atoms with van der Waals surface area (Å²) in [6.45, 7) is 2.81. The number of benzene rings is 1. The first-order valence-corrected chi connectivity index (χ1v) is 9.78. The van der Waals surface area contributed by atoms with Gasteiger partial charge in [0.25, 0.3) is 0 Å². The molecule has 1 aliphatic rings. The van der Waals surface area contributed by atoms with E-state index in [-0.39, 0.29) is 16.8 Å². The molecule has 0 aliphatic carbocycles. The number of carbonyl (C=O) groups is 1. The molecular formula is C16H22ClNO4S. The van der Waals surface area contributed by atoms with Gasteiger partial charge in [-0.1, -0.05) is 12.1 Å². The summed E-state index contributed by atoms with van der Waals surface area (Å²) in [5.74, 6) is 0.0791. The third kappa shape index (κ3) is 4.46. The van der Waals surface area contributed by atoms with E-state index in [1.807, 2.05) is 0 Å². The van der Waals surface area contributed by atoms with E-state index in [0.717, 1.165) is 5.56 Å². The predicted octanol–water partition coefficient (Wildman–Crippen LogP) is 2.43. The minimum Gasteiger partial charge on any atom is -0.466 e. The van der Waals surface area contributed by atoms with Crippen molar-refractivity contribution in [3.05, 3.63) is 29.8 Å². The molecule has 23 heavy (non-hydrogen) atoms. The molecule has 5 nitrogen and oxygen atoms in total. The number of hydrogen-bond acceptors (Lipinski definition) is 4. The number of aryl methyl sites for hydroxylation is 1. The van der Waals surface area contributed by atoms with Gasteiger partial charge in [0.2, 0.25) is 10.0 Å². The lowest BCUT2D eigenvalue weighted by Crippen LogP contribution is -2.40. The number of nitrogens with zero attached hydrogens (tertiary/aromatic N) is 1. The molecule has 1 saturated heterocycles. The summed E-state index contributed by atoms with van der Waals surface area (Å²) in [5, 5.41) is 0. The average molecular weight is 360 g/mol. The average Bonchev–Trinajstić information content (AvgIpc) is 2.56. The van der Waals surface area contributed by atoms with Crippen molar-refractivity contribution in [2.45, 2.75) is 31.1 Å². The predicted molar refractivity (Wildman–Crippen MR) is 89.0 cm³/mol. The van der Waals surface area contributed by atoms with Crippen LogP contribution in [0.1, 0.15) is 25.3 Å². The first kappa shape index (κ1) is 18.2. The van der Waals surface area contributed by atoms with Gasteiger partial charge in [-0.2, -0.15) is 4.31 Å². The molecule has 0 radical (unpaired) electrons. The molecule has 0 N–H and O–H groups in total. The summed E-state index contributed by atoms with van der Waals surface area (Å²) in [6.07, 6.45) is 1.72. The summed E-state index contributed by atoms with van der Waals surface area (Å²) in [6, 6.07) is 6.82. The van der Waals surface area contributed by atoms with Crippen molar-refractivity contribution in [3.8, 4) is 0 Å². The Balaban J connectivity index is 2.02. The Morgan fingerprint density at radius 3 is 2.39 bits per heavy atom. The molecule has 1 aromatic rings. The maximum atomic E-state index is 12.6. The van der Waals surface area contributed by atoms with Crippen molar-refractivity contribution < 1.29 is 17.9 Å². The maximum absolute atomic E-state index is 12.6. The first-order valence-electron chi connectivity index (χ1n) is 7.80. The van der Waals surface area contributed by atoms with Gasteiger partial charge < -0.3 is 4.74 Å². The zero-order valence-electron chi connectivity index (χ0n) is 13.2. The molecule has 2 rings (SSSR count). The molecule has 0 bridgehead atoms. The highest BCUT2D eigenvalue weighted by Crippen LogP contribution is 2.25. The summed E-state index contributed by atoms with van der Waals surface area (Å²) in [7, 11) is -3.51. The van der Waals surface area contributed by atoms with Crippen LogP contribution < -0.4 is 0 Å². The summed E-state index contributed by atoms with van der Waals surface area (Å²) < 4.78 is 31.7. The third-order valence-electron chi connectivity index (χ3n) is 4.02. The number of esters is 1. The van der Waals surface area contributed by atoms with Crippen LogP contribution >= 0.6 is 11.6 Å². The molecule has 0 amide bonds. The molecule has 1 fully saturated rings. The Morgan fingerprint density at radius 1 is 1.26 bits per heavy atom. The van der Waals surface area contributed by atoms with Crippen molar-refractivity contribution in [3.63, 3.8) is 0 Å². The highest BCUT2D eigenvalue weighted by Gasteiger charge is 2.32. The van der Waals surface area contributed by atoms with Crippen molar-refractivity contribution in [1.29, 1.82) is 0 Å². The quantitative estimate of drug-likeness (QED) is 0.578. The van der Waals surface area contributed by atoms with Crippen LogP contribution in [0.4, 0.5) is 0 Å². The smallest absolute Gasteiger partial charge is 0.309 e. The van der Waals surface area contributed by atoms with E-state index in [0.29, 0.717) is 44.8 Å². The largest absolute Gasteiger partial charge is 0.466 e. The maximum Gasteiger partial charge on any atom is 0.309 e. The summed E-state index contributed by atoms with van der Waals surface area (Å²) in [4.78, 5) is 12.0. The van der Waals surface area contributed by atoms with Gasteiger partial charge in [-0.15, -0.1) is 11.6 Å². The van der Waals surface area contributed by atoms with Gasteiger partial charge in [0.05, 0.1) is 17.4 Å². The fourth-order valence-corrected chi connectivity index (χ4v) is 4.37. The summed E-state index contributed by atoms with van der Waals surface area (Å²) >= 11 is 5.68. The Bertz CT molecular complexity index is 622. The molecule has 0 aromatic heterocycles. The van der Waals surface area contributed by atoms with E-state index in [4.69, 9.17) is 16.3 Å². The standard InChI is InChI=1S/C16H22ClNO4S/c1-2-22-16(19)14-8-11-18(12-9-14)23(20,21)15-5-3-13(4-6-15)7-10-17/h3-6,14H,2,7-12H2,1H3. The second-order valence-electron chi connectivity index (χ2n) is 5.51. The second kappa shape index (κ2) is 8.13. The van der Waals surface area contributed by atoms with E-state index >= 15 is 0 Å². The highest BCUT2D eigenvalue weighted by molar-refractivity contribution is 7.89. The number of ether oxygens (including phenoxy) is 1. The number of alkyl halides is 1. The third-order valence-corrected chi connectivity index (χ3v) is 6.12. The SMILES string of the molecule is CCOC(=O)C1CCN(S(=O)(=O)c2ccc(CCCl)cc2)CC1. The zero-order valence-corrected chi connectivity index (χ0v) is 14.8. The molecule has 1 aliphatic heterocycles. The molecule has 0 spiro atoms. The molecule has 0 unspecified atom stereocenters. The first-order chi connectivity index (χ1) is 11.0. The Morgan fingerprint density at radius 2 is 1.87 bits per heavy atom. The number of rotatable bonds is 6. The van der Waals surface area contributed by atoms with Crippen molar-refractivity contribution in [2.75, 3.05) is 25.6 Å². The minimum absolute atomic E-state index is 0.201. The van der Waals surface area contributed by atoms with Crippen LogP contribution in [0.3, 0.4) is 0 Å². The lowest BCUT2D eigenvalue weighted by atomic mass is 9.98. The van der Waals surface area contributed by atoms with Gasteiger partial charge in [-0.3, -0.25) is 4.79 Å². The van der Waals surface area contributed by atoms with Gasteiger partial charge in [0.1, 0.15) is 0 Å². The van der Waals surface area contributed by atoms with Crippen molar-refractivity contribution in [2.24, 2.45) is 5.92 Å². The van der Waals surface area contributed by atoms with Crippen molar-refractivity contribution >= 4 is 27.6 Å². The van der Waals surface area contributed by atoms with E-state index in [2.05, 4.69) is 0 Å². The van der Waals surface area contributed by atoms with Crippen LogP contribution in [0.15, 0.2) is 29.2 Å². The molecular weight excluding hydrogens is 338 g/mol. The Kier molecular flexibility index (Phi) is 6.44. The molecule has 128 valence electrons. The Labute approximate surface area is 142 Å². The highest BCUT2D eigenvalue weighted by atomic mass is 35.5. The van der Waals surface area contributed by atoms with Gasteiger partial charge in [0.15, 0.2) is 0 Å². The van der Waals surface area contributed by atoms with Gasteiger partial charge >= 0.3 is 5.97 Å². The number of carbonyl (C=O) groups excluding carboxylic acids is 1. The van der Waals surface area contributed by atoms with Crippen LogP contribution in [0.2, 0.25) is 0 Å². The number of piperidine rings is 1. The number of sulfonamides is 1. The monoisotopic (exact) mass is 359 g/mol. The topological polar surface area (TPSA) is 63.7 Å². The minimum atomic E-state index is -3.51. The normalized spacial score (nSPS) is 17.1. The van der Waals surface area contributed by atoms with Gasteiger partial charge in [0, 0.05) is 19.0 Å². The van der Waals surface area contributed by atoms with Crippen LogP contribution in [0.25, 0.3) is 0 Å². The lowest BCUT2D eigenvalue weighted by molar-refractivity contribution is -0.149. The zero-order chi connectivity index (χ0) is 16.9. The lowest BCUT2D eigenvalue weighted by Gasteiger charge is -2.30. The fourth-order valence-electron chi connectivity index (χ4n) is 2.68. The molecule has 1 heterocycles. The molecule has 0 atom stereocenters. The van der Waals surface area contributed by atoms with Crippen LogP contribution in [0.5, 0.6) is 0 Å². The van der Waals surface area contributed by atoms with Gasteiger partial charge in [-0.05, 0) is 43.9 Å². The molecule has 1 aromatic carbocycles. The fraction of sp³-hybridized carbons (Fsp3) is 0.562. The van der Waals surface area contributed by atoms with E-state index < -0.39 is 10.0 Å². The second-order valence-corrected chi connectivity index (χ2v) is 7.83.